The number of halogens is 3. The number of carbonyl (C=O) groups excluding carboxylic acids is 1. The van der Waals surface area contributed by atoms with Crippen LogP contribution in [0.25, 0.3) is 0 Å². The van der Waals surface area contributed by atoms with Gasteiger partial charge in [0.15, 0.2) is 0 Å². The van der Waals surface area contributed by atoms with E-state index in [0.717, 1.165) is 12.1 Å². The van der Waals surface area contributed by atoms with Crippen LogP contribution in [0.4, 0.5) is 13.2 Å². The summed E-state index contributed by atoms with van der Waals surface area (Å²) in [7, 11) is 0. The van der Waals surface area contributed by atoms with E-state index in [9.17, 15) is 18.0 Å². The van der Waals surface area contributed by atoms with Crippen molar-refractivity contribution >= 4 is 5.91 Å². The fourth-order valence-electron chi connectivity index (χ4n) is 2.06. The average Bonchev–Trinajstić information content (AvgIpc) is 2.41. The zero-order valence-corrected chi connectivity index (χ0v) is 11.6. The molecule has 110 valence electrons. The molecule has 0 heterocycles. The van der Waals surface area contributed by atoms with E-state index in [0.29, 0.717) is 5.56 Å². The van der Waals surface area contributed by atoms with Crippen molar-refractivity contribution in [1.82, 2.24) is 5.32 Å². The number of hydrogen-bond acceptors (Lipinski definition) is 1. The first-order valence-corrected chi connectivity index (χ1v) is 6.41. The molecule has 21 heavy (non-hydrogen) atoms. The lowest BCUT2D eigenvalue weighted by Gasteiger charge is -2.16. The van der Waals surface area contributed by atoms with E-state index in [4.69, 9.17) is 0 Å². The maximum absolute atomic E-state index is 13.6. The zero-order chi connectivity index (χ0) is 15.6. The lowest BCUT2D eigenvalue weighted by atomic mass is 10.1. The summed E-state index contributed by atoms with van der Waals surface area (Å²) >= 11 is 0. The molecule has 1 unspecified atom stereocenters. The summed E-state index contributed by atoms with van der Waals surface area (Å²) in [5, 5.41) is 2.50. The SMILES string of the molecule is Cc1cc(C(=O)NC(C)c2c(F)cccc2F)ccc1F. The Morgan fingerprint density at radius 1 is 1.05 bits per heavy atom. The average molecular weight is 293 g/mol. The van der Waals surface area contributed by atoms with Crippen LogP contribution < -0.4 is 5.32 Å². The van der Waals surface area contributed by atoms with Crippen LogP contribution in [0.5, 0.6) is 0 Å². The monoisotopic (exact) mass is 293 g/mol. The van der Waals surface area contributed by atoms with Gasteiger partial charge in [0, 0.05) is 11.1 Å². The fraction of sp³-hybridized carbons (Fsp3) is 0.188. The second-order valence-electron chi connectivity index (χ2n) is 4.79. The molecule has 5 heteroatoms. The minimum Gasteiger partial charge on any atom is -0.345 e. The number of nitrogens with one attached hydrogen (secondary N) is 1. The molecule has 2 nitrogen and oxygen atoms in total. The number of aryl methyl sites for hydroxylation is 1. The van der Waals surface area contributed by atoms with Gasteiger partial charge in [-0.15, -0.1) is 0 Å². The van der Waals surface area contributed by atoms with Crippen LogP contribution in [0.3, 0.4) is 0 Å². The van der Waals surface area contributed by atoms with Crippen LogP contribution in [0.1, 0.15) is 34.5 Å². The smallest absolute Gasteiger partial charge is 0.251 e. The molecule has 0 fully saturated rings. The predicted molar refractivity (Wildman–Crippen MR) is 73.4 cm³/mol. The zero-order valence-electron chi connectivity index (χ0n) is 11.6. The van der Waals surface area contributed by atoms with Gasteiger partial charge in [0.05, 0.1) is 6.04 Å². The summed E-state index contributed by atoms with van der Waals surface area (Å²) in [4.78, 5) is 12.0. The summed E-state index contributed by atoms with van der Waals surface area (Å²) in [6, 6.07) is 6.55. The van der Waals surface area contributed by atoms with Crippen LogP contribution in [0.15, 0.2) is 36.4 Å². The Hall–Kier alpha value is -2.30. The van der Waals surface area contributed by atoms with Crippen LogP contribution in [0, 0.1) is 24.4 Å². The molecule has 0 aliphatic rings. The third-order valence-corrected chi connectivity index (χ3v) is 3.20. The van der Waals surface area contributed by atoms with E-state index < -0.39 is 29.4 Å². The molecular formula is C16H14F3NO. The van der Waals surface area contributed by atoms with Crippen LogP contribution in [0.2, 0.25) is 0 Å². The summed E-state index contributed by atoms with van der Waals surface area (Å²) in [5.41, 5.74) is 0.356. The minimum atomic E-state index is -0.843. The van der Waals surface area contributed by atoms with Gasteiger partial charge in [-0.3, -0.25) is 4.79 Å². The number of carbonyl (C=O) groups is 1. The van der Waals surface area contributed by atoms with E-state index in [1.165, 1.54) is 38.1 Å². The molecule has 2 aromatic rings. The normalized spacial score (nSPS) is 12.0. The molecule has 1 N–H and O–H groups in total. The largest absolute Gasteiger partial charge is 0.345 e. The van der Waals surface area contributed by atoms with E-state index in [-0.39, 0.29) is 11.1 Å². The Balaban J connectivity index is 2.21. The lowest BCUT2D eigenvalue weighted by Crippen LogP contribution is -2.28. The van der Waals surface area contributed by atoms with Crippen molar-refractivity contribution in [3.8, 4) is 0 Å². The van der Waals surface area contributed by atoms with Gasteiger partial charge in [0.1, 0.15) is 17.5 Å². The van der Waals surface area contributed by atoms with Crippen LogP contribution >= 0.6 is 0 Å². The highest BCUT2D eigenvalue weighted by molar-refractivity contribution is 5.94. The van der Waals surface area contributed by atoms with Crippen molar-refractivity contribution in [3.05, 3.63) is 70.5 Å². The molecule has 0 aliphatic carbocycles. The molecule has 0 spiro atoms. The topological polar surface area (TPSA) is 29.1 Å². The van der Waals surface area contributed by atoms with Crippen molar-refractivity contribution in [3.63, 3.8) is 0 Å². The van der Waals surface area contributed by atoms with Crippen molar-refractivity contribution in [2.75, 3.05) is 0 Å². The molecule has 2 aromatic carbocycles. The van der Waals surface area contributed by atoms with Crippen LogP contribution in [-0.2, 0) is 0 Å². The van der Waals surface area contributed by atoms with Crippen molar-refractivity contribution in [1.29, 1.82) is 0 Å². The van der Waals surface area contributed by atoms with E-state index in [2.05, 4.69) is 5.32 Å². The van der Waals surface area contributed by atoms with E-state index in [1.807, 2.05) is 0 Å². The Bertz CT molecular complexity index is 665. The molecule has 0 bridgehead atoms. The molecule has 0 saturated heterocycles. The Morgan fingerprint density at radius 3 is 2.24 bits per heavy atom. The second kappa shape index (κ2) is 5.99. The molecular weight excluding hydrogens is 279 g/mol. The fourth-order valence-corrected chi connectivity index (χ4v) is 2.06. The van der Waals surface area contributed by atoms with Crippen molar-refractivity contribution in [2.24, 2.45) is 0 Å². The Kier molecular flexibility index (Phi) is 4.31. The first kappa shape index (κ1) is 15.1. The third kappa shape index (κ3) is 3.24. The quantitative estimate of drug-likeness (QED) is 0.913. The molecule has 0 saturated carbocycles. The van der Waals surface area contributed by atoms with E-state index >= 15 is 0 Å². The van der Waals surface area contributed by atoms with Crippen molar-refractivity contribution in [2.45, 2.75) is 19.9 Å². The first-order chi connectivity index (χ1) is 9.90. The van der Waals surface area contributed by atoms with Gasteiger partial charge in [-0.25, -0.2) is 13.2 Å². The summed E-state index contributed by atoms with van der Waals surface area (Å²) < 4.78 is 40.4. The number of amides is 1. The molecule has 1 amide bonds. The van der Waals surface area contributed by atoms with Crippen LogP contribution in [-0.4, -0.2) is 5.91 Å². The summed E-state index contributed by atoms with van der Waals surface area (Å²) in [5.74, 6) is -2.39. The number of hydrogen-bond donors (Lipinski definition) is 1. The van der Waals surface area contributed by atoms with Gasteiger partial charge in [-0.1, -0.05) is 6.07 Å². The van der Waals surface area contributed by atoms with E-state index in [1.54, 1.807) is 0 Å². The maximum Gasteiger partial charge on any atom is 0.251 e. The molecule has 0 aromatic heterocycles. The van der Waals surface area contributed by atoms with Gasteiger partial charge in [0.2, 0.25) is 0 Å². The predicted octanol–water partition coefficient (Wildman–Crippen LogP) is 3.90. The maximum atomic E-state index is 13.6. The van der Waals surface area contributed by atoms with Gasteiger partial charge in [-0.05, 0) is 49.7 Å². The second-order valence-corrected chi connectivity index (χ2v) is 4.79. The number of benzene rings is 2. The standard InChI is InChI=1S/C16H14F3NO/c1-9-8-11(6-7-12(9)17)16(21)20-10(2)15-13(18)4-3-5-14(15)19/h3-8,10H,1-2H3,(H,20,21). The molecule has 2 rings (SSSR count). The number of rotatable bonds is 3. The lowest BCUT2D eigenvalue weighted by molar-refractivity contribution is 0.0938. The molecule has 0 radical (unpaired) electrons. The summed E-state index contributed by atoms with van der Waals surface area (Å²) in [6.45, 7) is 3.02. The van der Waals surface area contributed by atoms with Gasteiger partial charge < -0.3 is 5.32 Å². The van der Waals surface area contributed by atoms with Crippen molar-refractivity contribution < 1.29 is 18.0 Å². The molecule has 0 aliphatic heterocycles. The highest BCUT2D eigenvalue weighted by atomic mass is 19.1. The Labute approximate surface area is 120 Å². The van der Waals surface area contributed by atoms with Gasteiger partial charge in [-0.2, -0.15) is 0 Å². The third-order valence-electron chi connectivity index (χ3n) is 3.20. The highest BCUT2D eigenvalue weighted by Gasteiger charge is 2.18. The first-order valence-electron chi connectivity index (χ1n) is 6.41. The minimum absolute atomic E-state index is 0.204. The van der Waals surface area contributed by atoms with Gasteiger partial charge >= 0.3 is 0 Å². The highest BCUT2D eigenvalue weighted by Crippen LogP contribution is 2.21. The summed E-state index contributed by atoms with van der Waals surface area (Å²) in [6.07, 6.45) is 0. The van der Waals surface area contributed by atoms with Gasteiger partial charge in [0.25, 0.3) is 5.91 Å². The Morgan fingerprint density at radius 2 is 1.67 bits per heavy atom. The molecule has 1 atom stereocenters.